The van der Waals surface area contributed by atoms with Crippen LogP contribution in [0.1, 0.15) is 19.3 Å². The molecule has 26 heavy (non-hydrogen) atoms. The van der Waals surface area contributed by atoms with Crippen molar-refractivity contribution in [1.29, 1.82) is 0 Å². The molecule has 2 saturated heterocycles. The van der Waals surface area contributed by atoms with Crippen LogP contribution >= 0.6 is 23.1 Å². The van der Waals surface area contributed by atoms with E-state index < -0.39 is 0 Å². The Hall–Kier alpha value is -1.32. The number of hydrogen-bond donors (Lipinski definition) is 1. The number of ether oxygens (including phenoxy) is 1. The Morgan fingerprint density at radius 2 is 2.23 bits per heavy atom. The molecule has 1 unspecified atom stereocenters. The summed E-state index contributed by atoms with van der Waals surface area (Å²) in [5, 5.41) is 5.44. The van der Waals surface area contributed by atoms with Crippen molar-refractivity contribution in [3.05, 3.63) is 11.6 Å². The summed E-state index contributed by atoms with van der Waals surface area (Å²) < 4.78 is 6.65. The lowest BCUT2D eigenvalue weighted by atomic mass is 10.2. The summed E-state index contributed by atoms with van der Waals surface area (Å²) in [6, 6.07) is 0. The van der Waals surface area contributed by atoms with Gasteiger partial charge in [0.1, 0.15) is 10.4 Å². The largest absolute Gasteiger partial charge is 0.368 e. The lowest BCUT2D eigenvalue weighted by molar-refractivity contribution is -0.142. The van der Waals surface area contributed by atoms with Crippen molar-refractivity contribution < 1.29 is 9.53 Å². The topological polar surface area (TPSA) is 70.1 Å². The fraction of sp³-hybridized carbons (Fsp3) is 0.706. The molecule has 0 aromatic carbocycles. The van der Waals surface area contributed by atoms with Crippen molar-refractivity contribution >= 4 is 35.0 Å². The molecule has 1 atom stereocenters. The average molecular weight is 398 g/mol. The summed E-state index contributed by atoms with van der Waals surface area (Å²) in [6.07, 6.45) is 4.54. The fourth-order valence-corrected chi connectivity index (χ4v) is 4.81. The van der Waals surface area contributed by atoms with Gasteiger partial charge in [-0.1, -0.05) is 11.8 Å². The lowest BCUT2D eigenvalue weighted by Gasteiger charge is -2.37. The molecule has 1 aromatic heterocycles. The molecule has 144 valence electrons. The van der Waals surface area contributed by atoms with E-state index in [9.17, 15) is 4.79 Å². The van der Waals surface area contributed by atoms with Crippen LogP contribution in [-0.2, 0) is 9.53 Å². The second kappa shape index (κ2) is 10.1. The summed E-state index contributed by atoms with van der Waals surface area (Å²) in [4.78, 5) is 25.3. The number of nitrogens with one attached hydrogen (secondary N) is 1. The van der Waals surface area contributed by atoms with E-state index >= 15 is 0 Å². The maximum absolute atomic E-state index is 12.4. The molecule has 0 radical (unpaired) electrons. The molecule has 1 amide bonds. The normalized spacial score (nSPS) is 21.3. The summed E-state index contributed by atoms with van der Waals surface area (Å²) in [6.45, 7) is 4.70. The highest BCUT2D eigenvalue weighted by molar-refractivity contribution is 8.00. The molecule has 1 aromatic rings. The van der Waals surface area contributed by atoms with Crippen molar-refractivity contribution in [3.8, 4) is 0 Å². The van der Waals surface area contributed by atoms with Gasteiger partial charge in [-0.15, -0.1) is 11.3 Å². The number of rotatable bonds is 6. The maximum Gasteiger partial charge on any atom is 0.251 e. The molecule has 2 aliphatic heterocycles. The van der Waals surface area contributed by atoms with Gasteiger partial charge in [0.05, 0.1) is 0 Å². The van der Waals surface area contributed by atoms with Crippen molar-refractivity contribution in [2.45, 2.75) is 29.7 Å². The predicted octanol–water partition coefficient (Wildman–Crippen LogP) is 1.52. The first kappa shape index (κ1) is 19.4. The van der Waals surface area contributed by atoms with Crippen LogP contribution in [0.15, 0.2) is 20.9 Å². The zero-order valence-electron chi connectivity index (χ0n) is 15.2. The smallest absolute Gasteiger partial charge is 0.251 e. The second-order valence-corrected chi connectivity index (χ2v) is 8.52. The van der Waals surface area contributed by atoms with Gasteiger partial charge in [0, 0.05) is 63.7 Å². The molecule has 7 nitrogen and oxygen atoms in total. The van der Waals surface area contributed by atoms with Crippen molar-refractivity contribution in [2.24, 2.45) is 4.99 Å². The minimum Gasteiger partial charge on any atom is -0.368 e. The highest BCUT2D eigenvalue weighted by Gasteiger charge is 2.30. The Morgan fingerprint density at radius 1 is 1.42 bits per heavy atom. The number of thioether (sulfide) groups is 1. The molecule has 0 aliphatic carbocycles. The van der Waals surface area contributed by atoms with E-state index in [2.05, 4.69) is 20.2 Å². The molecule has 2 fully saturated rings. The number of nitrogens with zero attached hydrogens (tertiary/aromatic N) is 4. The Balaban J connectivity index is 1.34. The number of aliphatic imine (C=N–C) groups is 1. The van der Waals surface area contributed by atoms with Gasteiger partial charge in [-0.2, -0.15) is 0 Å². The number of carbonyl (C=O) groups excluding carboxylic acids is 1. The molecule has 0 spiro atoms. The van der Waals surface area contributed by atoms with Crippen LogP contribution < -0.4 is 5.32 Å². The van der Waals surface area contributed by atoms with E-state index in [1.165, 1.54) is 0 Å². The summed E-state index contributed by atoms with van der Waals surface area (Å²) >= 11 is 3.48. The Kier molecular flexibility index (Phi) is 7.57. The quantitative estimate of drug-likeness (QED) is 0.340. The average Bonchev–Trinajstić information content (AvgIpc) is 3.38. The van der Waals surface area contributed by atoms with Gasteiger partial charge >= 0.3 is 0 Å². The van der Waals surface area contributed by atoms with E-state index in [4.69, 9.17) is 4.74 Å². The predicted molar refractivity (Wildman–Crippen MR) is 106 cm³/mol. The van der Waals surface area contributed by atoms with Gasteiger partial charge in [0.15, 0.2) is 5.96 Å². The SMILES string of the molecule is CN=C(NCCCSc1nccs1)N1CCN(C(=O)C2CCCO2)CC1. The van der Waals surface area contributed by atoms with Crippen LogP contribution in [-0.4, -0.2) is 84.9 Å². The van der Waals surface area contributed by atoms with Crippen LogP contribution in [0.2, 0.25) is 0 Å². The minimum absolute atomic E-state index is 0.157. The molecule has 3 rings (SSSR count). The Morgan fingerprint density at radius 3 is 2.88 bits per heavy atom. The molecule has 3 heterocycles. The third kappa shape index (κ3) is 5.34. The molecule has 2 aliphatic rings. The number of hydrogen-bond acceptors (Lipinski definition) is 6. The fourth-order valence-electron chi connectivity index (χ4n) is 3.16. The monoisotopic (exact) mass is 397 g/mol. The Bertz CT molecular complexity index is 582. The van der Waals surface area contributed by atoms with Crippen LogP contribution in [0.3, 0.4) is 0 Å². The van der Waals surface area contributed by atoms with Gasteiger partial charge in [-0.05, 0) is 19.3 Å². The van der Waals surface area contributed by atoms with Crippen LogP contribution in [0, 0.1) is 0 Å². The van der Waals surface area contributed by atoms with Crippen molar-refractivity contribution in [3.63, 3.8) is 0 Å². The summed E-state index contributed by atoms with van der Waals surface area (Å²) in [5.41, 5.74) is 0. The Labute approximate surface area is 163 Å². The van der Waals surface area contributed by atoms with E-state index in [1.54, 1.807) is 23.1 Å². The third-order valence-corrected chi connectivity index (χ3v) is 6.60. The zero-order valence-corrected chi connectivity index (χ0v) is 16.9. The van der Waals surface area contributed by atoms with Gasteiger partial charge in [-0.3, -0.25) is 9.79 Å². The van der Waals surface area contributed by atoms with Crippen LogP contribution in [0.5, 0.6) is 0 Å². The standard InChI is InChI=1S/C17H27N5O2S2/c1-18-16(19-5-3-12-25-17-20-6-13-26-17)22-9-7-21(8-10-22)15(23)14-4-2-11-24-14/h6,13-14H,2-5,7-12H2,1H3,(H,18,19). The molecular weight excluding hydrogens is 370 g/mol. The van der Waals surface area contributed by atoms with Crippen LogP contribution in [0.25, 0.3) is 0 Å². The number of carbonyl (C=O) groups is 1. The van der Waals surface area contributed by atoms with Gasteiger partial charge in [0.2, 0.25) is 0 Å². The number of amides is 1. The maximum atomic E-state index is 12.4. The highest BCUT2D eigenvalue weighted by Crippen LogP contribution is 2.20. The van der Waals surface area contributed by atoms with Crippen LogP contribution in [0.4, 0.5) is 0 Å². The van der Waals surface area contributed by atoms with Gasteiger partial charge in [0.25, 0.3) is 5.91 Å². The number of guanidine groups is 1. The van der Waals surface area contributed by atoms with Gasteiger partial charge < -0.3 is 19.9 Å². The lowest BCUT2D eigenvalue weighted by Crippen LogP contribution is -2.55. The van der Waals surface area contributed by atoms with E-state index in [1.807, 2.05) is 23.5 Å². The summed E-state index contributed by atoms with van der Waals surface area (Å²) in [7, 11) is 1.82. The molecule has 9 heteroatoms. The molecule has 0 saturated carbocycles. The second-order valence-electron chi connectivity index (χ2n) is 6.29. The number of thiazole rings is 1. The first-order valence-electron chi connectivity index (χ1n) is 9.16. The number of aromatic nitrogens is 1. The highest BCUT2D eigenvalue weighted by atomic mass is 32.2. The van der Waals surface area contributed by atoms with E-state index in [0.717, 1.165) is 68.0 Å². The van der Waals surface area contributed by atoms with E-state index in [0.29, 0.717) is 6.61 Å². The first-order chi connectivity index (χ1) is 12.8. The minimum atomic E-state index is -0.214. The third-order valence-electron chi connectivity index (χ3n) is 4.55. The van der Waals surface area contributed by atoms with E-state index in [-0.39, 0.29) is 12.0 Å². The molecule has 0 bridgehead atoms. The number of piperazine rings is 1. The molecule has 1 N–H and O–H groups in total. The first-order valence-corrected chi connectivity index (χ1v) is 11.0. The van der Waals surface area contributed by atoms with Crippen molar-refractivity contribution in [2.75, 3.05) is 52.1 Å². The zero-order chi connectivity index (χ0) is 18.2. The summed E-state index contributed by atoms with van der Waals surface area (Å²) in [5.74, 6) is 2.12. The van der Waals surface area contributed by atoms with Crippen molar-refractivity contribution in [1.82, 2.24) is 20.1 Å². The van der Waals surface area contributed by atoms with Gasteiger partial charge in [-0.25, -0.2) is 4.98 Å². The molecular formula is C17H27N5O2S2.